The summed E-state index contributed by atoms with van der Waals surface area (Å²) in [5, 5.41) is 7.31. The van der Waals surface area contributed by atoms with Crippen molar-refractivity contribution >= 4 is 21.4 Å². The predicted molar refractivity (Wildman–Crippen MR) is 90.9 cm³/mol. The van der Waals surface area contributed by atoms with Crippen molar-refractivity contribution in [2.75, 3.05) is 6.54 Å². The zero-order valence-corrected chi connectivity index (χ0v) is 13.1. The monoisotopic (exact) mass is 296 g/mol. The lowest BCUT2D eigenvalue weighted by Gasteiger charge is -2.17. The summed E-state index contributed by atoms with van der Waals surface area (Å²) in [6.45, 7) is 3.16. The van der Waals surface area contributed by atoms with Gasteiger partial charge in [-0.05, 0) is 53.4 Å². The van der Waals surface area contributed by atoms with Crippen LogP contribution in [-0.4, -0.2) is 17.6 Å². The third-order valence-corrected chi connectivity index (χ3v) is 4.74. The molecule has 2 heterocycles. The van der Waals surface area contributed by atoms with E-state index >= 15 is 0 Å². The number of aromatic nitrogens is 1. The van der Waals surface area contributed by atoms with Crippen LogP contribution in [0.5, 0.6) is 0 Å². The van der Waals surface area contributed by atoms with E-state index in [1.807, 2.05) is 29.8 Å². The van der Waals surface area contributed by atoms with E-state index in [1.54, 1.807) is 0 Å². The van der Waals surface area contributed by atoms with Crippen molar-refractivity contribution in [1.29, 1.82) is 0 Å². The van der Waals surface area contributed by atoms with Crippen molar-refractivity contribution in [3.05, 3.63) is 65.3 Å². The Labute approximate surface area is 129 Å². The van der Waals surface area contributed by atoms with E-state index < -0.39 is 0 Å². The first-order valence-corrected chi connectivity index (χ1v) is 8.32. The second kappa shape index (κ2) is 6.83. The SMILES string of the molecule is CCNC(Cc1cccnc1)Cc1csc2ccccc12. The summed E-state index contributed by atoms with van der Waals surface area (Å²) < 4.78 is 1.38. The standard InChI is InChI=1S/C18H20N2S/c1-2-20-16(10-14-6-5-9-19-12-14)11-15-13-21-18-8-4-3-7-17(15)18/h3-9,12-13,16,20H,2,10-11H2,1H3. The van der Waals surface area contributed by atoms with Gasteiger partial charge in [0.05, 0.1) is 0 Å². The lowest BCUT2D eigenvalue weighted by Crippen LogP contribution is -2.33. The number of likely N-dealkylation sites (N-methyl/N-ethyl adjacent to an activating group) is 1. The maximum atomic E-state index is 4.22. The molecule has 0 amide bonds. The second-order valence-corrected chi connectivity index (χ2v) is 6.19. The molecule has 3 rings (SSSR count). The molecule has 0 saturated heterocycles. The smallest absolute Gasteiger partial charge is 0.0345 e. The van der Waals surface area contributed by atoms with E-state index in [-0.39, 0.29) is 0 Å². The number of nitrogens with zero attached hydrogens (tertiary/aromatic N) is 1. The first-order chi connectivity index (χ1) is 10.4. The minimum atomic E-state index is 0.456. The van der Waals surface area contributed by atoms with Crippen LogP contribution in [0.15, 0.2) is 54.2 Å². The number of fused-ring (bicyclic) bond motifs is 1. The fraction of sp³-hybridized carbons (Fsp3) is 0.278. The highest BCUT2D eigenvalue weighted by Crippen LogP contribution is 2.27. The third-order valence-electron chi connectivity index (χ3n) is 3.73. The first-order valence-electron chi connectivity index (χ1n) is 7.44. The number of nitrogens with one attached hydrogen (secondary N) is 1. The molecule has 3 heteroatoms. The van der Waals surface area contributed by atoms with Gasteiger partial charge in [-0.2, -0.15) is 0 Å². The van der Waals surface area contributed by atoms with E-state index in [1.165, 1.54) is 21.2 Å². The molecule has 0 spiro atoms. The normalized spacial score (nSPS) is 12.6. The number of benzene rings is 1. The summed E-state index contributed by atoms with van der Waals surface area (Å²) in [6, 6.07) is 13.3. The lowest BCUT2D eigenvalue weighted by molar-refractivity contribution is 0.522. The predicted octanol–water partition coefficient (Wildman–Crippen LogP) is 4.06. The summed E-state index contributed by atoms with van der Waals surface area (Å²) in [6.07, 6.45) is 5.88. The van der Waals surface area contributed by atoms with Crippen LogP contribution in [0.3, 0.4) is 0 Å². The molecule has 0 radical (unpaired) electrons. The zero-order chi connectivity index (χ0) is 14.5. The highest BCUT2D eigenvalue weighted by Gasteiger charge is 2.12. The van der Waals surface area contributed by atoms with Crippen LogP contribution in [0, 0.1) is 0 Å². The molecule has 1 N–H and O–H groups in total. The fourth-order valence-electron chi connectivity index (χ4n) is 2.76. The number of pyridine rings is 1. The number of hydrogen-bond acceptors (Lipinski definition) is 3. The van der Waals surface area contributed by atoms with Gasteiger partial charge in [-0.1, -0.05) is 31.2 Å². The molecule has 0 fully saturated rings. The van der Waals surface area contributed by atoms with Crippen LogP contribution < -0.4 is 5.32 Å². The summed E-state index contributed by atoms with van der Waals surface area (Å²) in [5.41, 5.74) is 2.74. The Bertz CT molecular complexity index is 691. The minimum absolute atomic E-state index is 0.456. The summed E-state index contributed by atoms with van der Waals surface area (Å²) in [4.78, 5) is 4.22. The van der Waals surface area contributed by atoms with Crippen molar-refractivity contribution in [2.45, 2.75) is 25.8 Å². The highest BCUT2D eigenvalue weighted by atomic mass is 32.1. The van der Waals surface area contributed by atoms with Gasteiger partial charge in [-0.25, -0.2) is 0 Å². The zero-order valence-electron chi connectivity index (χ0n) is 12.3. The highest BCUT2D eigenvalue weighted by molar-refractivity contribution is 7.17. The Hall–Kier alpha value is -1.71. The Morgan fingerprint density at radius 2 is 2.05 bits per heavy atom. The average Bonchev–Trinajstić information content (AvgIpc) is 2.92. The van der Waals surface area contributed by atoms with Crippen molar-refractivity contribution in [1.82, 2.24) is 10.3 Å². The van der Waals surface area contributed by atoms with E-state index in [2.05, 4.69) is 52.9 Å². The Kier molecular flexibility index (Phi) is 4.63. The number of thiophene rings is 1. The molecule has 3 aromatic rings. The van der Waals surface area contributed by atoms with Gasteiger partial charge >= 0.3 is 0 Å². The van der Waals surface area contributed by atoms with Crippen molar-refractivity contribution in [2.24, 2.45) is 0 Å². The Morgan fingerprint density at radius 1 is 1.14 bits per heavy atom. The maximum absolute atomic E-state index is 4.22. The van der Waals surface area contributed by atoms with Gasteiger partial charge in [0, 0.05) is 23.1 Å². The molecule has 108 valence electrons. The molecule has 1 aromatic carbocycles. The Balaban J connectivity index is 1.78. The second-order valence-electron chi connectivity index (χ2n) is 5.28. The molecule has 0 aliphatic heterocycles. The molecule has 0 aliphatic rings. The van der Waals surface area contributed by atoms with Crippen LogP contribution in [0.4, 0.5) is 0 Å². The molecule has 2 aromatic heterocycles. The van der Waals surface area contributed by atoms with Crippen LogP contribution >= 0.6 is 11.3 Å². The molecular formula is C18H20N2S. The molecular weight excluding hydrogens is 276 g/mol. The molecule has 0 bridgehead atoms. The van der Waals surface area contributed by atoms with Gasteiger partial charge in [0.15, 0.2) is 0 Å². The first kappa shape index (κ1) is 14.2. The minimum Gasteiger partial charge on any atom is -0.314 e. The van der Waals surface area contributed by atoms with Crippen molar-refractivity contribution in [3.63, 3.8) is 0 Å². The van der Waals surface area contributed by atoms with Crippen molar-refractivity contribution in [3.8, 4) is 0 Å². The van der Waals surface area contributed by atoms with Crippen molar-refractivity contribution < 1.29 is 0 Å². The molecule has 1 unspecified atom stereocenters. The molecule has 0 saturated carbocycles. The quantitative estimate of drug-likeness (QED) is 0.742. The topological polar surface area (TPSA) is 24.9 Å². The van der Waals surface area contributed by atoms with Gasteiger partial charge in [-0.3, -0.25) is 4.98 Å². The molecule has 2 nitrogen and oxygen atoms in total. The van der Waals surface area contributed by atoms with Gasteiger partial charge in [0.25, 0.3) is 0 Å². The van der Waals surface area contributed by atoms with Gasteiger partial charge in [0.1, 0.15) is 0 Å². The van der Waals surface area contributed by atoms with Gasteiger partial charge in [-0.15, -0.1) is 11.3 Å². The van der Waals surface area contributed by atoms with Crippen LogP contribution in [0.25, 0.3) is 10.1 Å². The van der Waals surface area contributed by atoms with E-state index in [9.17, 15) is 0 Å². The summed E-state index contributed by atoms with van der Waals surface area (Å²) in [5.74, 6) is 0. The van der Waals surface area contributed by atoms with Gasteiger partial charge in [0.2, 0.25) is 0 Å². The average molecular weight is 296 g/mol. The van der Waals surface area contributed by atoms with Crippen LogP contribution in [0.2, 0.25) is 0 Å². The summed E-state index contributed by atoms with van der Waals surface area (Å²) >= 11 is 1.84. The fourth-order valence-corrected chi connectivity index (χ4v) is 3.74. The molecule has 21 heavy (non-hydrogen) atoms. The number of rotatable bonds is 6. The number of hydrogen-bond donors (Lipinski definition) is 1. The third kappa shape index (κ3) is 3.49. The molecule has 1 atom stereocenters. The van der Waals surface area contributed by atoms with E-state index in [4.69, 9.17) is 0 Å². The van der Waals surface area contributed by atoms with Crippen LogP contribution in [0.1, 0.15) is 18.1 Å². The van der Waals surface area contributed by atoms with E-state index in [0.717, 1.165) is 19.4 Å². The summed E-state index contributed by atoms with van der Waals surface area (Å²) in [7, 11) is 0. The maximum Gasteiger partial charge on any atom is 0.0345 e. The van der Waals surface area contributed by atoms with Gasteiger partial charge < -0.3 is 5.32 Å². The Morgan fingerprint density at radius 3 is 2.86 bits per heavy atom. The largest absolute Gasteiger partial charge is 0.314 e. The lowest BCUT2D eigenvalue weighted by atomic mass is 9.99. The molecule has 0 aliphatic carbocycles. The van der Waals surface area contributed by atoms with E-state index in [0.29, 0.717) is 6.04 Å². The van der Waals surface area contributed by atoms with Crippen LogP contribution in [-0.2, 0) is 12.8 Å².